The minimum atomic E-state index is 0.382. The van der Waals surface area contributed by atoms with Gasteiger partial charge in [-0.25, -0.2) is 0 Å². The summed E-state index contributed by atoms with van der Waals surface area (Å²) in [6.45, 7) is 11.2. The molecule has 2 atom stereocenters. The zero-order valence-corrected chi connectivity index (χ0v) is 12.8. The van der Waals surface area contributed by atoms with Crippen molar-refractivity contribution in [1.82, 2.24) is 15.1 Å². The van der Waals surface area contributed by atoms with Gasteiger partial charge in [0.05, 0.1) is 5.69 Å². The van der Waals surface area contributed by atoms with Crippen LogP contribution in [0.5, 0.6) is 0 Å². The van der Waals surface area contributed by atoms with Crippen molar-refractivity contribution in [3.05, 3.63) is 17.5 Å². The van der Waals surface area contributed by atoms with Gasteiger partial charge in [-0.05, 0) is 33.1 Å². The maximum atomic E-state index is 4.40. The van der Waals surface area contributed by atoms with Crippen LogP contribution in [0.15, 0.2) is 6.20 Å². The Balaban J connectivity index is 2.39. The van der Waals surface area contributed by atoms with Gasteiger partial charge in [-0.3, -0.25) is 4.68 Å². The van der Waals surface area contributed by atoms with E-state index in [1.807, 2.05) is 11.7 Å². The molecule has 18 heavy (non-hydrogen) atoms. The molecule has 0 bridgehead atoms. The first-order valence-corrected chi connectivity index (χ1v) is 7.16. The second-order valence-electron chi connectivity index (χ2n) is 5.96. The Hall–Kier alpha value is -0.830. The quantitative estimate of drug-likeness (QED) is 0.802. The molecule has 0 spiro atoms. The molecule has 0 saturated carbocycles. The van der Waals surface area contributed by atoms with Gasteiger partial charge in [0.25, 0.3) is 0 Å². The molecule has 0 aromatic carbocycles. The molecular formula is C15H29N3. The van der Waals surface area contributed by atoms with Crippen molar-refractivity contribution >= 4 is 0 Å². The van der Waals surface area contributed by atoms with Gasteiger partial charge in [-0.2, -0.15) is 5.10 Å². The Morgan fingerprint density at radius 2 is 1.89 bits per heavy atom. The van der Waals surface area contributed by atoms with Gasteiger partial charge in [0.1, 0.15) is 0 Å². The van der Waals surface area contributed by atoms with Crippen LogP contribution in [0, 0.1) is 12.8 Å². The van der Waals surface area contributed by atoms with Crippen LogP contribution in [0.3, 0.4) is 0 Å². The van der Waals surface area contributed by atoms with Crippen molar-refractivity contribution in [3.8, 4) is 0 Å². The lowest BCUT2D eigenvalue weighted by molar-refractivity contribution is 0.423. The van der Waals surface area contributed by atoms with Crippen LogP contribution >= 0.6 is 0 Å². The molecule has 1 heterocycles. The number of aromatic nitrogens is 2. The number of hydrogen-bond donors (Lipinski definition) is 1. The first-order valence-electron chi connectivity index (χ1n) is 7.16. The van der Waals surface area contributed by atoms with Crippen molar-refractivity contribution in [1.29, 1.82) is 0 Å². The predicted octanol–water partition coefficient (Wildman–Crippen LogP) is 3.59. The first-order chi connectivity index (χ1) is 8.40. The first kappa shape index (κ1) is 15.2. The van der Waals surface area contributed by atoms with Crippen LogP contribution in [0.1, 0.15) is 64.3 Å². The zero-order valence-electron chi connectivity index (χ0n) is 12.8. The number of rotatable bonds is 7. The van der Waals surface area contributed by atoms with Crippen molar-refractivity contribution in [3.63, 3.8) is 0 Å². The van der Waals surface area contributed by atoms with Crippen LogP contribution in [0.2, 0.25) is 0 Å². The maximum Gasteiger partial charge on any atom is 0.0641 e. The van der Waals surface area contributed by atoms with Gasteiger partial charge in [0, 0.05) is 30.9 Å². The fourth-order valence-corrected chi connectivity index (χ4v) is 2.48. The molecular weight excluding hydrogens is 222 g/mol. The van der Waals surface area contributed by atoms with E-state index >= 15 is 0 Å². The van der Waals surface area contributed by atoms with E-state index in [0.29, 0.717) is 12.1 Å². The fraction of sp³-hybridized carbons (Fsp3) is 0.800. The molecule has 3 nitrogen and oxygen atoms in total. The summed E-state index contributed by atoms with van der Waals surface area (Å²) in [7, 11) is 1.98. The normalized spacial score (nSPS) is 15.1. The van der Waals surface area contributed by atoms with E-state index in [4.69, 9.17) is 0 Å². The number of nitrogens with one attached hydrogen (secondary N) is 1. The van der Waals surface area contributed by atoms with E-state index < -0.39 is 0 Å². The summed E-state index contributed by atoms with van der Waals surface area (Å²) in [5, 5.41) is 8.07. The molecule has 2 unspecified atom stereocenters. The molecule has 0 aliphatic rings. The van der Waals surface area contributed by atoms with Gasteiger partial charge in [-0.1, -0.05) is 26.7 Å². The second-order valence-corrected chi connectivity index (χ2v) is 5.96. The van der Waals surface area contributed by atoms with Gasteiger partial charge in [0.2, 0.25) is 0 Å². The topological polar surface area (TPSA) is 29.9 Å². The molecule has 1 aromatic heterocycles. The standard InChI is InChI=1S/C15H29N3/c1-11(2)8-7-9-12(3)16-13(4)15-10-18(6)17-14(15)5/h10-13,16H,7-9H2,1-6H3. The number of hydrogen-bond acceptors (Lipinski definition) is 2. The van der Waals surface area contributed by atoms with Crippen molar-refractivity contribution in [2.45, 2.75) is 66.0 Å². The summed E-state index contributed by atoms with van der Waals surface area (Å²) >= 11 is 0. The largest absolute Gasteiger partial charge is 0.308 e. The Kier molecular flexibility index (Phi) is 5.86. The lowest BCUT2D eigenvalue weighted by Gasteiger charge is -2.20. The molecule has 104 valence electrons. The van der Waals surface area contributed by atoms with Crippen LogP contribution in [-0.2, 0) is 7.05 Å². The zero-order chi connectivity index (χ0) is 13.7. The molecule has 0 aliphatic heterocycles. The highest BCUT2D eigenvalue weighted by atomic mass is 15.3. The molecule has 1 aromatic rings. The van der Waals surface area contributed by atoms with E-state index in [-0.39, 0.29) is 0 Å². The Labute approximate surface area is 112 Å². The average Bonchev–Trinajstić information content (AvgIpc) is 2.57. The molecule has 0 aliphatic carbocycles. The summed E-state index contributed by atoms with van der Waals surface area (Å²) in [5.74, 6) is 0.815. The van der Waals surface area contributed by atoms with E-state index in [1.165, 1.54) is 24.8 Å². The number of nitrogens with zero attached hydrogens (tertiary/aromatic N) is 2. The molecule has 3 heteroatoms. The van der Waals surface area contributed by atoms with E-state index in [2.05, 4.69) is 51.2 Å². The summed E-state index contributed by atoms with van der Waals surface area (Å²) in [5.41, 5.74) is 2.44. The Bertz CT molecular complexity index is 355. The van der Waals surface area contributed by atoms with E-state index in [9.17, 15) is 0 Å². The van der Waals surface area contributed by atoms with Gasteiger partial charge < -0.3 is 5.32 Å². The molecule has 0 amide bonds. The molecule has 0 saturated heterocycles. The smallest absolute Gasteiger partial charge is 0.0641 e. The molecule has 1 rings (SSSR count). The third-order valence-corrected chi connectivity index (χ3v) is 3.47. The third-order valence-electron chi connectivity index (χ3n) is 3.47. The van der Waals surface area contributed by atoms with Crippen molar-refractivity contribution < 1.29 is 0 Å². The van der Waals surface area contributed by atoms with Crippen molar-refractivity contribution in [2.24, 2.45) is 13.0 Å². The average molecular weight is 251 g/mol. The van der Waals surface area contributed by atoms with Crippen LogP contribution in [0.4, 0.5) is 0 Å². The Morgan fingerprint density at radius 3 is 2.39 bits per heavy atom. The lowest BCUT2D eigenvalue weighted by Crippen LogP contribution is -2.29. The summed E-state index contributed by atoms with van der Waals surface area (Å²) < 4.78 is 1.90. The molecule has 1 N–H and O–H groups in total. The van der Waals surface area contributed by atoms with Gasteiger partial charge >= 0.3 is 0 Å². The lowest BCUT2D eigenvalue weighted by atomic mass is 10.0. The van der Waals surface area contributed by atoms with Crippen LogP contribution < -0.4 is 5.32 Å². The monoisotopic (exact) mass is 251 g/mol. The minimum absolute atomic E-state index is 0.382. The molecule has 0 fully saturated rings. The highest BCUT2D eigenvalue weighted by molar-refractivity contribution is 5.19. The number of aryl methyl sites for hydroxylation is 2. The van der Waals surface area contributed by atoms with E-state index in [1.54, 1.807) is 0 Å². The highest BCUT2D eigenvalue weighted by Gasteiger charge is 2.13. The van der Waals surface area contributed by atoms with E-state index in [0.717, 1.165) is 11.6 Å². The van der Waals surface area contributed by atoms with Crippen LogP contribution in [-0.4, -0.2) is 15.8 Å². The van der Waals surface area contributed by atoms with Crippen LogP contribution in [0.25, 0.3) is 0 Å². The predicted molar refractivity (Wildman–Crippen MR) is 77.6 cm³/mol. The summed E-state index contributed by atoms with van der Waals surface area (Å²) in [6, 6.07) is 0.950. The summed E-state index contributed by atoms with van der Waals surface area (Å²) in [4.78, 5) is 0. The second kappa shape index (κ2) is 6.93. The Morgan fingerprint density at radius 1 is 1.22 bits per heavy atom. The maximum absolute atomic E-state index is 4.40. The molecule has 0 radical (unpaired) electrons. The SMILES string of the molecule is Cc1nn(C)cc1C(C)NC(C)CCCC(C)C. The highest BCUT2D eigenvalue weighted by Crippen LogP contribution is 2.17. The van der Waals surface area contributed by atoms with Crippen molar-refractivity contribution in [2.75, 3.05) is 0 Å². The third kappa shape index (κ3) is 4.81. The summed E-state index contributed by atoms with van der Waals surface area (Å²) in [6.07, 6.45) is 6.01. The van der Waals surface area contributed by atoms with Gasteiger partial charge in [-0.15, -0.1) is 0 Å². The fourth-order valence-electron chi connectivity index (χ4n) is 2.48. The van der Waals surface area contributed by atoms with Gasteiger partial charge in [0.15, 0.2) is 0 Å². The minimum Gasteiger partial charge on any atom is -0.308 e.